The van der Waals surface area contributed by atoms with E-state index in [9.17, 15) is 9.90 Å². The molecule has 7 heteroatoms. The van der Waals surface area contributed by atoms with Gasteiger partial charge in [-0.15, -0.1) is 0 Å². The highest BCUT2D eigenvalue weighted by Crippen LogP contribution is 2.29. The number of hydrogen-bond donors (Lipinski definition) is 2. The number of aliphatic hydroxyl groups excluding tert-OH is 1. The Bertz CT molecular complexity index is 377. The second kappa shape index (κ2) is 5.56. The summed E-state index contributed by atoms with van der Waals surface area (Å²) in [7, 11) is 0. The van der Waals surface area contributed by atoms with Crippen molar-refractivity contribution in [2.24, 2.45) is 0 Å². The van der Waals surface area contributed by atoms with Crippen molar-refractivity contribution in [1.29, 1.82) is 0 Å². The maximum Gasteiger partial charge on any atom is 0.253 e. The van der Waals surface area contributed by atoms with Crippen molar-refractivity contribution >= 4 is 56.6 Å². The normalized spacial score (nSPS) is 13.3. The Labute approximate surface area is 116 Å². The van der Waals surface area contributed by atoms with Gasteiger partial charge in [-0.05, 0) is 24.3 Å². The lowest BCUT2D eigenvalue weighted by atomic mass is 10.2. The van der Waals surface area contributed by atoms with Crippen LogP contribution in [0.5, 0.6) is 0 Å². The van der Waals surface area contributed by atoms with Gasteiger partial charge in [-0.25, -0.2) is 0 Å². The first-order valence-corrected chi connectivity index (χ1v) is 6.04. The van der Waals surface area contributed by atoms with Crippen LogP contribution in [-0.4, -0.2) is 21.0 Å². The number of nitrogens with one attached hydrogen (secondary N) is 1. The number of rotatable bonds is 2. The van der Waals surface area contributed by atoms with Gasteiger partial charge >= 0.3 is 0 Å². The zero-order valence-corrected chi connectivity index (χ0v) is 11.6. The van der Waals surface area contributed by atoms with E-state index in [1.54, 1.807) is 24.3 Å². The molecule has 3 nitrogen and oxygen atoms in total. The van der Waals surface area contributed by atoms with Crippen LogP contribution in [0, 0.1) is 0 Å². The summed E-state index contributed by atoms with van der Waals surface area (Å²) in [6, 6.07) is 6.53. The first-order valence-electron chi connectivity index (χ1n) is 4.12. The van der Waals surface area contributed by atoms with Crippen molar-refractivity contribution in [2.45, 2.75) is 10.0 Å². The Hall–Kier alpha value is -0.000000000000000167. The van der Waals surface area contributed by atoms with Gasteiger partial charge in [0.15, 0.2) is 6.23 Å². The van der Waals surface area contributed by atoms with Gasteiger partial charge < -0.3 is 10.4 Å². The quantitative estimate of drug-likeness (QED) is 0.638. The SMILES string of the molecule is O=C(N[C@H](O)C(Cl)(Cl)Cl)c1ccc(Br)cc1. The summed E-state index contributed by atoms with van der Waals surface area (Å²) in [5.74, 6) is -0.522. The maximum absolute atomic E-state index is 11.6. The average Bonchev–Trinajstić information content (AvgIpc) is 2.17. The fraction of sp³-hybridized carbons (Fsp3) is 0.222. The largest absolute Gasteiger partial charge is 0.369 e. The van der Waals surface area contributed by atoms with Crippen LogP contribution in [0.3, 0.4) is 0 Å². The molecule has 1 rings (SSSR count). The van der Waals surface area contributed by atoms with Crippen LogP contribution in [-0.2, 0) is 0 Å². The predicted molar refractivity (Wildman–Crippen MR) is 67.9 cm³/mol. The van der Waals surface area contributed by atoms with Crippen molar-refractivity contribution in [1.82, 2.24) is 5.32 Å². The highest BCUT2D eigenvalue weighted by atomic mass is 79.9. The molecule has 1 amide bonds. The van der Waals surface area contributed by atoms with Crippen LogP contribution < -0.4 is 5.32 Å². The molecule has 88 valence electrons. The zero-order valence-electron chi connectivity index (χ0n) is 7.75. The maximum atomic E-state index is 11.6. The molecule has 16 heavy (non-hydrogen) atoms. The van der Waals surface area contributed by atoms with Gasteiger partial charge in [-0.1, -0.05) is 50.7 Å². The molecule has 0 heterocycles. The molecule has 2 N–H and O–H groups in total. The molecule has 0 radical (unpaired) electrons. The third kappa shape index (κ3) is 4.11. The molecule has 0 saturated heterocycles. The van der Waals surface area contributed by atoms with E-state index in [1.807, 2.05) is 0 Å². The summed E-state index contributed by atoms with van der Waals surface area (Å²) in [5.41, 5.74) is 0.358. The van der Waals surface area contributed by atoms with Gasteiger partial charge in [-0.3, -0.25) is 4.79 Å². The molecule has 0 aliphatic heterocycles. The molecule has 1 aromatic rings. The fourth-order valence-corrected chi connectivity index (χ4v) is 1.32. The summed E-state index contributed by atoms with van der Waals surface area (Å²) in [4.78, 5) is 11.6. The third-order valence-corrected chi connectivity index (χ3v) is 2.83. The Balaban J connectivity index is 2.70. The van der Waals surface area contributed by atoms with Crippen LogP contribution in [0.4, 0.5) is 0 Å². The minimum absolute atomic E-state index is 0.358. The molecular weight excluding hydrogens is 340 g/mol. The number of carbonyl (C=O) groups excluding carboxylic acids is 1. The summed E-state index contributed by atoms with van der Waals surface area (Å²) in [6.07, 6.45) is -1.56. The van der Waals surface area contributed by atoms with Crippen LogP contribution in [0.2, 0.25) is 0 Å². The number of carbonyl (C=O) groups is 1. The second-order valence-electron chi connectivity index (χ2n) is 2.92. The van der Waals surface area contributed by atoms with Crippen LogP contribution in [0.25, 0.3) is 0 Å². The minimum atomic E-state index is -1.95. The minimum Gasteiger partial charge on any atom is -0.369 e. The van der Waals surface area contributed by atoms with Crippen LogP contribution in [0.1, 0.15) is 10.4 Å². The molecule has 0 aromatic heterocycles. The molecule has 0 bridgehead atoms. The molecule has 0 aliphatic rings. The van der Waals surface area contributed by atoms with Crippen LogP contribution >= 0.6 is 50.7 Å². The summed E-state index contributed by atoms with van der Waals surface area (Å²) in [6.45, 7) is 0. The third-order valence-electron chi connectivity index (χ3n) is 1.68. The number of benzene rings is 1. The Morgan fingerprint density at radius 2 is 1.81 bits per heavy atom. The van der Waals surface area contributed by atoms with Crippen molar-refractivity contribution in [3.05, 3.63) is 34.3 Å². The van der Waals surface area contributed by atoms with E-state index in [0.717, 1.165) is 4.47 Å². The van der Waals surface area contributed by atoms with E-state index in [4.69, 9.17) is 34.8 Å². The van der Waals surface area contributed by atoms with E-state index in [2.05, 4.69) is 21.2 Å². The highest BCUT2D eigenvalue weighted by molar-refractivity contribution is 9.10. The number of aliphatic hydroxyl groups is 1. The zero-order chi connectivity index (χ0) is 12.3. The van der Waals surface area contributed by atoms with Crippen molar-refractivity contribution < 1.29 is 9.90 Å². The molecule has 0 aliphatic carbocycles. The van der Waals surface area contributed by atoms with E-state index < -0.39 is 15.9 Å². The van der Waals surface area contributed by atoms with Gasteiger partial charge in [0.25, 0.3) is 5.91 Å². The van der Waals surface area contributed by atoms with Crippen molar-refractivity contribution in [3.63, 3.8) is 0 Å². The molecule has 0 saturated carbocycles. The van der Waals surface area contributed by atoms with E-state index in [1.165, 1.54) is 0 Å². The van der Waals surface area contributed by atoms with Crippen molar-refractivity contribution in [2.75, 3.05) is 0 Å². The topological polar surface area (TPSA) is 49.3 Å². The second-order valence-corrected chi connectivity index (χ2v) is 6.21. The van der Waals surface area contributed by atoms with E-state index >= 15 is 0 Å². The Morgan fingerprint density at radius 1 is 1.31 bits per heavy atom. The number of alkyl halides is 3. The summed E-state index contributed by atoms with van der Waals surface area (Å²) < 4.78 is -1.11. The smallest absolute Gasteiger partial charge is 0.253 e. The lowest BCUT2D eigenvalue weighted by Gasteiger charge is -2.19. The Morgan fingerprint density at radius 3 is 2.25 bits per heavy atom. The number of halogens is 4. The van der Waals surface area contributed by atoms with Gasteiger partial charge in [0.1, 0.15) is 0 Å². The van der Waals surface area contributed by atoms with Crippen LogP contribution in [0.15, 0.2) is 28.7 Å². The Kier molecular flexibility index (Phi) is 4.88. The molecule has 0 spiro atoms. The first kappa shape index (κ1) is 14.1. The lowest BCUT2D eigenvalue weighted by Crippen LogP contribution is -2.43. The number of amides is 1. The van der Waals surface area contributed by atoms with Crippen molar-refractivity contribution in [3.8, 4) is 0 Å². The monoisotopic (exact) mass is 345 g/mol. The summed E-state index contributed by atoms with van der Waals surface area (Å²) >= 11 is 19.4. The lowest BCUT2D eigenvalue weighted by molar-refractivity contribution is 0.0792. The summed E-state index contributed by atoms with van der Waals surface area (Å²) in [5, 5.41) is 11.5. The molecular formula is C9H7BrCl3NO2. The number of hydrogen-bond acceptors (Lipinski definition) is 2. The standard InChI is InChI=1S/C9H7BrCl3NO2/c10-6-3-1-5(2-4-6)7(15)14-8(16)9(11,12)13/h1-4,8,16H,(H,14,15)/t8-/m1/s1. The van der Waals surface area contributed by atoms with Gasteiger partial charge in [0.05, 0.1) is 0 Å². The average molecular weight is 347 g/mol. The molecule has 1 aromatic carbocycles. The first-order chi connectivity index (χ1) is 7.30. The molecule has 0 unspecified atom stereocenters. The predicted octanol–water partition coefficient (Wildman–Crippen LogP) is 2.87. The van der Waals surface area contributed by atoms with Gasteiger partial charge in [0.2, 0.25) is 3.79 Å². The molecule has 0 fully saturated rings. The molecule has 1 atom stereocenters. The van der Waals surface area contributed by atoms with Gasteiger partial charge in [-0.2, -0.15) is 0 Å². The fourth-order valence-electron chi connectivity index (χ4n) is 0.891. The highest BCUT2D eigenvalue weighted by Gasteiger charge is 2.32. The van der Waals surface area contributed by atoms with E-state index in [0.29, 0.717) is 5.56 Å². The van der Waals surface area contributed by atoms with E-state index in [-0.39, 0.29) is 0 Å². The van der Waals surface area contributed by atoms with Gasteiger partial charge in [0, 0.05) is 10.0 Å².